The van der Waals surface area contributed by atoms with E-state index in [1.165, 1.54) is 4.88 Å². The van der Waals surface area contributed by atoms with Crippen molar-refractivity contribution in [1.29, 1.82) is 0 Å². The van der Waals surface area contributed by atoms with E-state index in [1.807, 2.05) is 26.0 Å². The average Bonchev–Trinajstić information content (AvgIpc) is 3.36. The number of carbonyl (C=O) groups is 1. The molecule has 1 aromatic carbocycles. The van der Waals surface area contributed by atoms with Gasteiger partial charge in [0.25, 0.3) is 0 Å². The zero-order chi connectivity index (χ0) is 19.9. The molecule has 3 rings (SSSR count). The Morgan fingerprint density at radius 1 is 1.14 bits per heavy atom. The molecule has 1 unspecified atom stereocenters. The van der Waals surface area contributed by atoms with Crippen molar-refractivity contribution >= 4 is 22.9 Å². The molecule has 1 aliphatic heterocycles. The first-order valence-corrected chi connectivity index (χ1v) is 10.8. The summed E-state index contributed by atoms with van der Waals surface area (Å²) < 4.78 is 5.80. The van der Waals surface area contributed by atoms with Crippen molar-refractivity contribution in [3.05, 3.63) is 52.2 Å². The summed E-state index contributed by atoms with van der Waals surface area (Å²) in [4.78, 5) is 20.3. The van der Waals surface area contributed by atoms with E-state index in [0.29, 0.717) is 13.1 Å². The predicted molar refractivity (Wildman–Crippen MR) is 116 cm³/mol. The number of rotatable bonds is 9. The molecule has 1 aromatic heterocycles. The summed E-state index contributed by atoms with van der Waals surface area (Å²) in [6.07, 6.45) is 2.45. The standard InChI is InChI=1S/C22H31N3O2S/c1-23(2)19-10-8-18(9-11-19)14-24(3)22(26)17-25(15-20-6-4-12-27-20)16-21-7-5-13-28-21/h5,7-11,13,20H,4,6,12,14-17H2,1-3H3. The highest BCUT2D eigenvalue weighted by atomic mass is 32.1. The molecule has 0 aliphatic carbocycles. The van der Waals surface area contributed by atoms with Crippen LogP contribution in [-0.4, -0.2) is 62.7 Å². The Morgan fingerprint density at radius 2 is 1.93 bits per heavy atom. The van der Waals surface area contributed by atoms with Gasteiger partial charge < -0.3 is 14.5 Å². The molecule has 0 N–H and O–H groups in total. The van der Waals surface area contributed by atoms with Gasteiger partial charge in [-0.15, -0.1) is 11.3 Å². The van der Waals surface area contributed by atoms with Crippen molar-refractivity contribution in [3.8, 4) is 0 Å². The molecule has 0 spiro atoms. The number of likely N-dealkylation sites (N-methyl/N-ethyl adjacent to an activating group) is 1. The van der Waals surface area contributed by atoms with Crippen LogP contribution in [0.2, 0.25) is 0 Å². The lowest BCUT2D eigenvalue weighted by molar-refractivity contribution is -0.132. The van der Waals surface area contributed by atoms with Gasteiger partial charge in [-0.1, -0.05) is 18.2 Å². The number of hydrogen-bond donors (Lipinski definition) is 0. The highest BCUT2D eigenvalue weighted by molar-refractivity contribution is 7.09. The van der Waals surface area contributed by atoms with Gasteiger partial charge in [-0.25, -0.2) is 0 Å². The summed E-state index contributed by atoms with van der Waals surface area (Å²) in [5, 5.41) is 2.09. The molecule has 1 atom stereocenters. The zero-order valence-corrected chi connectivity index (χ0v) is 18.0. The molecule has 5 nitrogen and oxygen atoms in total. The Labute approximate surface area is 172 Å². The number of nitrogens with zero attached hydrogens (tertiary/aromatic N) is 3. The number of hydrogen-bond acceptors (Lipinski definition) is 5. The van der Waals surface area contributed by atoms with Crippen LogP contribution in [0, 0.1) is 0 Å². The molecule has 0 bridgehead atoms. The lowest BCUT2D eigenvalue weighted by atomic mass is 10.2. The van der Waals surface area contributed by atoms with Crippen molar-refractivity contribution in [2.75, 3.05) is 45.7 Å². The Balaban J connectivity index is 1.57. The third-order valence-corrected chi connectivity index (χ3v) is 5.96. The molecule has 6 heteroatoms. The van der Waals surface area contributed by atoms with Crippen molar-refractivity contribution in [2.24, 2.45) is 0 Å². The van der Waals surface area contributed by atoms with E-state index in [-0.39, 0.29) is 12.0 Å². The molecule has 28 heavy (non-hydrogen) atoms. The molecule has 2 heterocycles. The fourth-order valence-corrected chi connectivity index (χ4v) is 4.20. The van der Waals surface area contributed by atoms with Gasteiger partial charge in [-0.2, -0.15) is 0 Å². The minimum atomic E-state index is 0.145. The number of thiophene rings is 1. The maximum Gasteiger partial charge on any atom is 0.236 e. The highest BCUT2D eigenvalue weighted by Gasteiger charge is 2.22. The number of ether oxygens (including phenoxy) is 1. The summed E-state index contributed by atoms with van der Waals surface area (Å²) in [6, 6.07) is 12.6. The Kier molecular flexibility index (Phi) is 7.48. The number of benzene rings is 1. The van der Waals surface area contributed by atoms with Gasteiger partial charge in [0.15, 0.2) is 0 Å². The van der Waals surface area contributed by atoms with Crippen LogP contribution in [0.1, 0.15) is 23.3 Å². The van der Waals surface area contributed by atoms with E-state index in [2.05, 4.69) is 51.6 Å². The Bertz CT molecular complexity index is 725. The van der Waals surface area contributed by atoms with Gasteiger partial charge in [0.1, 0.15) is 0 Å². The van der Waals surface area contributed by atoms with E-state index in [4.69, 9.17) is 4.74 Å². The van der Waals surface area contributed by atoms with Gasteiger partial charge in [0.05, 0.1) is 12.6 Å². The topological polar surface area (TPSA) is 36.0 Å². The van der Waals surface area contributed by atoms with Gasteiger partial charge in [0.2, 0.25) is 5.91 Å². The molecule has 1 saturated heterocycles. The van der Waals surface area contributed by atoms with Crippen molar-refractivity contribution < 1.29 is 9.53 Å². The van der Waals surface area contributed by atoms with Gasteiger partial charge in [0, 0.05) is 57.9 Å². The van der Waals surface area contributed by atoms with Crippen LogP contribution >= 0.6 is 11.3 Å². The first-order chi connectivity index (χ1) is 13.5. The second kappa shape index (κ2) is 10.0. The van der Waals surface area contributed by atoms with E-state index < -0.39 is 0 Å². The molecule has 1 fully saturated rings. The fourth-order valence-electron chi connectivity index (χ4n) is 3.46. The van der Waals surface area contributed by atoms with Gasteiger partial charge in [-0.3, -0.25) is 9.69 Å². The van der Waals surface area contributed by atoms with Crippen molar-refractivity contribution in [1.82, 2.24) is 9.80 Å². The van der Waals surface area contributed by atoms with Crippen LogP contribution in [0.4, 0.5) is 5.69 Å². The lowest BCUT2D eigenvalue weighted by Gasteiger charge is -2.27. The first-order valence-electron chi connectivity index (χ1n) is 9.88. The summed E-state index contributed by atoms with van der Waals surface area (Å²) in [5.74, 6) is 0.145. The molecule has 0 radical (unpaired) electrons. The van der Waals surface area contributed by atoms with Gasteiger partial charge >= 0.3 is 0 Å². The molecule has 0 saturated carbocycles. The molecule has 2 aromatic rings. The second-order valence-corrected chi connectivity index (χ2v) is 8.73. The Hall–Kier alpha value is -1.89. The van der Waals surface area contributed by atoms with Crippen molar-refractivity contribution in [3.63, 3.8) is 0 Å². The molecule has 152 valence electrons. The summed E-state index contributed by atoms with van der Waals surface area (Å²) in [5.41, 5.74) is 2.31. The van der Waals surface area contributed by atoms with Crippen LogP contribution in [0.3, 0.4) is 0 Å². The number of anilines is 1. The third-order valence-electron chi connectivity index (χ3n) is 5.10. The molecular weight excluding hydrogens is 370 g/mol. The predicted octanol–water partition coefficient (Wildman–Crippen LogP) is 3.45. The second-order valence-electron chi connectivity index (χ2n) is 7.69. The van der Waals surface area contributed by atoms with Crippen LogP contribution in [0.25, 0.3) is 0 Å². The smallest absolute Gasteiger partial charge is 0.236 e. The summed E-state index contributed by atoms with van der Waals surface area (Å²) >= 11 is 1.74. The van der Waals surface area contributed by atoms with Crippen LogP contribution in [-0.2, 0) is 22.6 Å². The van der Waals surface area contributed by atoms with E-state index in [0.717, 1.165) is 43.8 Å². The maximum atomic E-state index is 12.9. The minimum Gasteiger partial charge on any atom is -0.378 e. The first kappa shape index (κ1) is 20.8. The average molecular weight is 402 g/mol. The van der Waals surface area contributed by atoms with Crippen LogP contribution < -0.4 is 4.90 Å². The minimum absolute atomic E-state index is 0.145. The highest BCUT2D eigenvalue weighted by Crippen LogP contribution is 2.18. The molecular formula is C22H31N3O2S. The normalized spacial score (nSPS) is 16.5. The largest absolute Gasteiger partial charge is 0.378 e. The quantitative estimate of drug-likeness (QED) is 0.645. The van der Waals surface area contributed by atoms with E-state index in [9.17, 15) is 4.79 Å². The van der Waals surface area contributed by atoms with Gasteiger partial charge in [-0.05, 0) is 42.0 Å². The van der Waals surface area contributed by atoms with E-state index >= 15 is 0 Å². The lowest BCUT2D eigenvalue weighted by Crippen LogP contribution is -2.40. The fraction of sp³-hybridized carbons (Fsp3) is 0.500. The SMILES string of the molecule is CN(Cc1ccc(N(C)C)cc1)C(=O)CN(Cc1cccs1)CC1CCCO1. The third kappa shape index (κ3) is 6.06. The Morgan fingerprint density at radius 3 is 2.54 bits per heavy atom. The summed E-state index contributed by atoms with van der Waals surface area (Å²) in [7, 11) is 5.94. The zero-order valence-electron chi connectivity index (χ0n) is 17.1. The van der Waals surface area contributed by atoms with Crippen LogP contribution in [0.5, 0.6) is 0 Å². The maximum absolute atomic E-state index is 12.9. The van der Waals surface area contributed by atoms with Crippen molar-refractivity contribution in [2.45, 2.75) is 32.0 Å². The monoisotopic (exact) mass is 401 g/mol. The number of amides is 1. The van der Waals surface area contributed by atoms with Crippen LogP contribution in [0.15, 0.2) is 41.8 Å². The molecule has 1 amide bonds. The summed E-state index contributed by atoms with van der Waals surface area (Å²) in [6.45, 7) is 3.50. The molecule has 1 aliphatic rings. The van der Waals surface area contributed by atoms with E-state index in [1.54, 1.807) is 11.3 Å². The number of carbonyl (C=O) groups excluding carboxylic acids is 1.